The van der Waals surface area contributed by atoms with E-state index in [9.17, 15) is 0 Å². The fraction of sp³-hybridized carbons (Fsp3) is 0.278. The van der Waals surface area contributed by atoms with E-state index in [0.29, 0.717) is 0 Å². The normalized spacial score (nSPS) is 14.9. The number of benzene rings is 2. The first-order chi connectivity index (χ1) is 11.8. The van der Waals surface area contributed by atoms with Crippen molar-refractivity contribution in [3.05, 3.63) is 60.2 Å². The van der Waals surface area contributed by atoms with E-state index in [4.69, 9.17) is 0 Å². The average Bonchev–Trinajstić information content (AvgIpc) is 3.13. The molecule has 1 fully saturated rings. The summed E-state index contributed by atoms with van der Waals surface area (Å²) < 4.78 is 1.81. The summed E-state index contributed by atoms with van der Waals surface area (Å²) in [5.41, 5.74) is 3.62. The predicted molar refractivity (Wildman–Crippen MR) is 94.8 cm³/mol. The number of aryl methyl sites for hydroxylation is 1. The molecule has 0 saturated carbocycles. The van der Waals surface area contributed by atoms with E-state index in [-0.39, 0.29) is 0 Å². The van der Waals surface area contributed by atoms with Crippen molar-refractivity contribution in [3.63, 3.8) is 0 Å². The topological polar surface area (TPSA) is 50.1 Å². The van der Waals surface area contributed by atoms with Gasteiger partial charge in [0.25, 0.3) is 0 Å². The minimum absolute atomic E-state index is 0.811. The summed E-state index contributed by atoms with van der Waals surface area (Å²) in [4.78, 5) is 4.68. The Bertz CT molecular complexity index is 805. The lowest BCUT2D eigenvalue weighted by Crippen LogP contribution is -2.47. The Morgan fingerprint density at radius 2 is 1.46 bits per heavy atom. The summed E-state index contributed by atoms with van der Waals surface area (Å²) >= 11 is 0. The molecule has 0 amide bonds. The molecule has 1 aliphatic heterocycles. The first-order valence-corrected chi connectivity index (χ1v) is 8.22. The number of piperazine rings is 1. The van der Waals surface area contributed by atoms with Crippen molar-refractivity contribution in [1.82, 2.24) is 20.2 Å². The second-order valence-electron chi connectivity index (χ2n) is 5.99. The molecule has 1 saturated heterocycles. The summed E-state index contributed by atoms with van der Waals surface area (Å²) in [6.07, 6.45) is 0. The molecule has 0 spiro atoms. The molecule has 24 heavy (non-hydrogen) atoms. The van der Waals surface area contributed by atoms with Gasteiger partial charge in [-0.3, -0.25) is 0 Å². The van der Waals surface area contributed by atoms with Crippen LogP contribution in [0.4, 0.5) is 11.6 Å². The van der Waals surface area contributed by atoms with Gasteiger partial charge in [-0.25, -0.2) is 0 Å². The van der Waals surface area contributed by atoms with Crippen LogP contribution in [0.15, 0.2) is 54.6 Å². The highest BCUT2D eigenvalue weighted by molar-refractivity contribution is 5.54. The molecule has 6 nitrogen and oxygen atoms in total. The molecule has 2 aromatic carbocycles. The molecule has 2 heterocycles. The van der Waals surface area contributed by atoms with Gasteiger partial charge in [0.05, 0.1) is 5.69 Å². The van der Waals surface area contributed by atoms with Gasteiger partial charge in [-0.2, -0.15) is 4.68 Å². The number of hydrogen-bond donors (Lipinski definition) is 0. The Morgan fingerprint density at radius 1 is 0.792 bits per heavy atom. The number of nitrogens with zero attached hydrogens (tertiary/aromatic N) is 6. The van der Waals surface area contributed by atoms with E-state index >= 15 is 0 Å². The standard InChI is InChI=1S/C18H20N6/c1-15-7-5-6-10-17(15)22-11-13-23(14-12-22)18-19-20-21-24(18)16-8-3-2-4-9-16/h2-10H,11-14H2,1H3. The summed E-state index contributed by atoms with van der Waals surface area (Å²) in [7, 11) is 0. The van der Waals surface area contributed by atoms with Gasteiger partial charge in [0, 0.05) is 31.9 Å². The number of hydrogen-bond acceptors (Lipinski definition) is 5. The molecule has 0 radical (unpaired) electrons. The van der Waals surface area contributed by atoms with Crippen molar-refractivity contribution < 1.29 is 0 Å². The molecule has 122 valence electrons. The average molecular weight is 320 g/mol. The monoisotopic (exact) mass is 320 g/mol. The number of para-hydroxylation sites is 2. The maximum absolute atomic E-state index is 4.24. The first-order valence-electron chi connectivity index (χ1n) is 8.22. The third-order valence-electron chi connectivity index (χ3n) is 4.47. The molecular formula is C18H20N6. The zero-order valence-electron chi connectivity index (χ0n) is 13.7. The van der Waals surface area contributed by atoms with E-state index in [0.717, 1.165) is 37.8 Å². The van der Waals surface area contributed by atoms with Crippen LogP contribution >= 0.6 is 0 Å². The SMILES string of the molecule is Cc1ccccc1N1CCN(c2nnnn2-c2ccccc2)CC1. The maximum Gasteiger partial charge on any atom is 0.250 e. The van der Waals surface area contributed by atoms with Crippen LogP contribution in [0.2, 0.25) is 0 Å². The Kier molecular flexibility index (Phi) is 3.86. The lowest BCUT2D eigenvalue weighted by Gasteiger charge is -2.36. The summed E-state index contributed by atoms with van der Waals surface area (Å²) in [5, 5.41) is 12.3. The summed E-state index contributed by atoms with van der Waals surface area (Å²) in [6.45, 7) is 5.90. The highest BCUT2D eigenvalue weighted by atomic mass is 15.6. The van der Waals surface area contributed by atoms with Crippen LogP contribution in [0, 0.1) is 6.92 Å². The molecule has 0 aliphatic carbocycles. The van der Waals surface area contributed by atoms with Gasteiger partial charge in [-0.15, -0.1) is 0 Å². The lowest BCUT2D eigenvalue weighted by molar-refractivity contribution is 0.630. The zero-order valence-corrected chi connectivity index (χ0v) is 13.7. The van der Waals surface area contributed by atoms with Gasteiger partial charge >= 0.3 is 0 Å². The van der Waals surface area contributed by atoms with Gasteiger partial charge < -0.3 is 9.80 Å². The van der Waals surface area contributed by atoms with Crippen molar-refractivity contribution in [2.45, 2.75) is 6.92 Å². The van der Waals surface area contributed by atoms with Crippen molar-refractivity contribution in [2.24, 2.45) is 0 Å². The Morgan fingerprint density at radius 3 is 2.21 bits per heavy atom. The number of tetrazole rings is 1. The number of rotatable bonds is 3. The van der Waals surface area contributed by atoms with Crippen LogP contribution in [0.1, 0.15) is 5.56 Å². The van der Waals surface area contributed by atoms with Gasteiger partial charge in [-0.1, -0.05) is 41.5 Å². The fourth-order valence-electron chi connectivity index (χ4n) is 3.18. The van der Waals surface area contributed by atoms with E-state index < -0.39 is 0 Å². The van der Waals surface area contributed by atoms with Crippen LogP contribution < -0.4 is 9.80 Å². The van der Waals surface area contributed by atoms with Gasteiger partial charge in [0.1, 0.15) is 0 Å². The predicted octanol–water partition coefficient (Wildman–Crippen LogP) is 2.30. The largest absolute Gasteiger partial charge is 0.368 e. The maximum atomic E-state index is 4.24. The number of anilines is 2. The molecule has 0 atom stereocenters. The quantitative estimate of drug-likeness (QED) is 0.741. The van der Waals surface area contributed by atoms with Crippen molar-refractivity contribution in [3.8, 4) is 5.69 Å². The molecule has 0 unspecified atom stereocenters. The highest BCUT2D eigenvalue weighted by Gasteiger charge is 2.22. The Labute approximate surface area is 141 Å². The third kappa shape index (κ3) is 2.71. The molecule has 0 bridgehead atoms. The van der Waals surface area contributed by atoms with Crippen LogP contribution in [0.5, 0.6) is 0 Å². The fourth-order valence-corrected chi connectivity index (χ4v) is 3.18. The Balaban J connectivity index is 1.51. The van der Waals surface area contributed by atoms with Crippen LogP contribution in [0.25, 0.3) is 5.69 Å². The zero-order chi connectivity index (χ0) is 16.4. The molecule has 1 aliphatic rings. The van der Waals surface area contributed by atoms with Crippen LogP contribution in [-0.4, -0.2) is 46.4 Å². The van der Waals surface area contributed by atoms with E-state index in [1.54, 1.807) is 0 Å². The van der Waals surface area contributed by atoms with Gasteiger partial charge in [-0.05, 0) is 41.1 Å². The summed E-state index contributed by atoms with van der Waals surface area (Å²) in [5.74, 6) is 0.811. The van der Waals surface area contributed by atoms with Crippen LogP contribution in [-0.2, 0) is 0 Å². The third-order valence-corrected chi connectivity index (χ3v) is 4.47. The highest BCUT2D eigenvalue weighted by Crippen LogP contribution is 2.23. The molecule has 4 rings (SSSR count). The minimum Gasteiger partial charge on any atom is -0.368 e. The minimum atomic E-state index is 0.811. The molecule has 0 N–H and O–H groups in total. The van der Waals surface area contributed by atoms with Crippen LogP contribution in [0.3, 0.4) is 0 Å². The van der Waals surface area contributed by atoms with Crippen molar-refractivity contribution in [1.29, 1.82) is 0 Å². The van der Waals surface area contributed by atoms with Gasteiger partial charge in [0.2, 0.25) is 5.95 Å². The Hall–Kier alpha value is -2.89. The molecular weight excluding hydrogens is 300 g/mol. The lowest BCUT2D eigenvalue weighted by atomic mass is 10.1. The molecule has 3 aromatic rings. The van der Waals surface area contributed by atoms with Crippen molar-refractivity contribution in [2.75, 3.05) is 36.0 Å². The number of aromatic nitrogens is 4. The second kappa shape index (κ2) is 6.31. The smallest absolute Gasteiger partial charge is 0.250 e. The van der Waals surface area contributed by atoms with E-state index in [2.05, 4.69) is 56.5 Å². The van der Waals surface area contributed by atoms with E-state index in [1.807, 2.05) is 35.0 Å². The molecule has 1 aromatic heterocycles. The van der Waals surface area contributed by atoms with Crippen molar-refractivity contribution >= 4 is 11.6 Å². The van der Waals surface area contributed by atoms with Gasteiger partial charge in [0.15, 0.2) is 0 Å². The second-order valence-corrected chi connectivity index (χ2v) is 5.99. The molecule has 6 heteroatoms. The van der Waals surface area contributed by atoms with E-state index in [1.165, 1.54) is 11.3 Å². The summed E-state index contributed by atoms with van der Waals surface area (Å²) in [6, 6.07) is 18.6. The first kappa shape index (κ1) is 14.7.